The van der Waals surface area contributed by atoms with Crippen molar-refractivity contribution in [1.29, 1.82) is 0 Å². The Morgan fingerprint density at radius 2 is 1.92 bits per heavy atom. The molecule has 130 valence electrons. The fraction of sp³-hybridized carbons (Fsp3) is 0.250. The molecule has 0 saturated carbocycles. The first-order valence-corrected chi connectivity index (χ1v) is 9.50. The number of nitrogens with one attached hydrogen (secondary N) is 2. The summed E-state index contributed by atoms with van der Waals surface area (Å²) < 4.78 is 0. The lowest BCUT2D eigenvalue weighted by atomic mass is 10.0. The van der Waals surface area contributed by atoms with Gasteiger partial charge in [0.15, 0.2) is 5.50 Å². The molecule has 1 aliphatic rings. The number of carbonyl (C=O) groups is 1. The van der Waals surface area contributed by atoms with Crippen LogP contribution in [0.25, 0.3) is 6.08 Å². The van der Waals surface area contributed by atoms with E-state index < -0.39 is 0 Å². The van der Waals surface area contributed by atoms with Crippen molar-refractivity contribution in [3.05, 3.63) is 69.1 Å². The Bertz CT molecular complexity index is 815. The van der Waals surface area contributed by atoms with Crippen LogP contribution < -0.4 is 10.6 Å². The predicted octanol–water partition coefficient (Wildman–Crippen LogP) is 5.37. The van der Waals surface area contributed by atoms with Gasteiger partial charge >= 0.3 is 0 Å². The Balaban J connectivity index is 1.71. The summed E-state index contributed by atoms with van der Waals surface area (Å²) in [7, 11) is 0. The number of benzene rings is 2. The van der Waals surface area contributed by atoms with Crippen molar-refractivity contribution in [2.75, 3.05) is 5.32 Å². The zero-order chi connectivity index (χ0) is 18.0. The van der Waals surface area contributed by atoms with Crippen LogP contribution in [0.4, 0.5) is 5.69 Å². The molecule has 1 atom stereocenters. The van der Waals surface area contributed by atoms with Gasteiger partial charge in [-0.1, -0.05) is 61.5 Å². The van der Waals surface area contributed by atoms with E-state index in [0.717, 1.165) is 16.8 Å². The molecule has 0 spiro atoms. The average molecular weight is 373 g/mol. The number of halogens is 1. The molecule has 1 aliphatic heterocycles. The minimum absolute atomic E-state index is 0.0537. The fourth-order valence-corrected chi connectivity index (χ4v) is 3.83. The molecule has 3 nitrogen and oxygen atoms in total. The van der Waals surface area contributed by atoms with Crippen LogP contribution in [0, 0.1) is 6.92 Å². The second-order valence-electron chi connectivity index (χ2n) is 6.40. The van der Waals surface area contributed by atoms with E-state index in [-0.39, 0.29) is 11.4 Å². The van der Waals surface area contributed by atoms with Gasteiger partial charge in [0.25, 0.3) is 5.91 Å². The summed E-state index contributed by atoms with van der Waals surface area (Å²) in [6, 6.07) is 14.0. The molecular weight excluding hydrogens is 352 g/mol. The largest absolute Gasteiger partial charge is 0.356 e. The first-order valence-electron chi connectivity index (χ1n) is 8.24. The standard InChI is InChI=1S/C20H21ClN2OS/c1-12(2)15-6-4-14(5-7-15)11-18-19(24)23-20(25-18)22-17-9-8-16(21)10-13(17)3/h4-12,20,22H,1-3H3,(H,23,24)/b18-11-. The molecule has 3 rings (SSSR count). The van der Waals surface area contributed by atoms with Crippen LogP contribution in [0.3, 0.4) is 0 Å². The number of carbonyl (C=O) groups excluding carboxylic acids is 1. The third-order valence-corrected chi connectivity index (χ3v) is 5.37. The Morgan fingerprint density at radius 1 is 1.20 bits per heavy atom. The molecule has 0 radical (unpaired) electrons. The first kappa shape index (κ1) is 17.9. The predicted molar refractivity (Wildman–Crippen MR) is 108 cm³/mol. The van der Waals surface area contributed by atoms with Crippen LogP contribution in [-0.2, 0) is 4.79 Å². The van der Waals surface area contributed by atoms with E-state index >= 15 is 0 Å². The van der Waals surface area contributed by atoms with Gasteiger partial charge in [0.2, 0.25) is 0 Å². The van der Waals surface area contributed by atoms with Gasteiger partial charge in [-0.25, -0.2) is 0 Å². The maximum Gasteiger partial charge on any atom is 0.260 e. The van der Waals surface area contributed by atoms with Gasteiger partial charge in [0, 0.05) is 10.7 Å². The molecule has 0 aliphatic carbocycles. The van der Waals surface area contributed by atoms with Gasteiger partial charge in [-0.3, -0.25) is 4.79 Å². The summed E-state index contributed by atoms with van der Waals surface area (Å²) in [4.78, 5) is 12.9. The third-order valence-electron chi connectivity index (χ3n) is 4.11. The summed E-state index contributed by atoms with van der Waals surface area (Å²) in [6.45, 7) is 6.33. The van der Waals surface area contributed by atoms with Crippen molar-refractivity contribution < 1.29 is 4.79 Å². The summed E-state index contributed by atoms with van der Waals surface area (Å²) >= 11 is 7.48. The van der Waals surface area contributed by atoms with Crippen LogP contribution in [0.1, 0.15) is 36.5 Å². The van der Waals surface area contributed by atoms with Gasteiger partial charge in [-0.15, -0.1) is 0 Å². The maximum atomic E-state index is 12.2. The molecule has 0 bridgehead atoms. The van der Waals surface area contributed by atoms with Crippen molar-refractivity contribution in [3.63, 3.8) is 0 Å². The van der Waals surface area contributed by atoms with Crippen molar-refractivity contribution in [3.8, 4) is 0 Å². The number of hydrogen-bond donors (Lipinski definition) is 2. The second-order valence-corrected chi connectivity index (χ2v) is 7.99. The van der Waals surface area contributed by atoms with Crippen molar-refractivity contribution in [2.45, 2.75) is 32.2 Å². The number of thioether (sulfide) groups is 1. The lowest BCUT2D eigenvalue weighted by Crippen LogP contribution is -2.31. The summed E-state index contributed by atoms with van der Waals surface area (Å²) in [5, 5.41) is 7.00. The van der Waals surface area contributed by atoms with Crippen molar-refractivity contribution in [1.82, 2.24) is 5.32 Å². The highest BCUT2D eigenvalue weighted by Gasteiger charge is 2.27. The molecule has 5 heteroatoms. The van der Waals surface area contributed by atoms with E-state index in [2.05, 4.69) is 48.7 Å². The zero-order valence-electron chi connectivity index (χ0n) is 14.5. The molecule has 1 saturated heterocycles. The van der Waals surface area contributed by atoms with Gasteiger partial charge in [-0.05, 0) is 53.8 Å². The molecule has 2 aromatic rings. The van der Waals surface area contributed by atoms with Crippen LogP contribution >= 0.6 is 23.4 Å². The highest BCUT2D eigenvalue weighted by molar-refractivity contribution is 8.05. The lowest BCUT2D eigenvalue weighted by Gasteiger charge is -2.15. The molecule has 1 heterocycles. The van der Waals surface area contributed by atoms with E-state index in [4.69, 9.17) is 11.6 Å². The second kappa shape index (κ2) is 7.54. The number of aryl methyl sites for hydroxylation is 1. The maximum absolute atomic E-state index is 12.2. The molecule has 1 fully saturated rings. The van der Waals surface area contributed by atoms with Crippen LogP contribution in [0.5, 0.6) is 0 Å². The molecule has 1 unspecified atom stereocenters. The van der Waals surface area contributed by atoms with Gasteiger partial charge < -0.3 is 10.6 Å². The van der Waals surface area contributed by atoms with E-state index in [1.54, 1.807) is 0 Å². The van der Waals surface area contributed by atoms with Crippen LogP contribution in [0.2, 0.25) is 5.02 Å². The van der Waals surface area contributed by atoms with Gasteiger partial charge in [0.1, 0.15) is 0 Å². The molecule has 0 aromatic heterocycles. The quantitative estimate of drug-likeness (QED) is 0.708. The first-order chi connectivity index (χ1) is 11.9. The van der Waals surface area contributed by atoms with E-state index in [1.807, 2.05) is 31.2 Å². The Kier molecular flexibility index (Phi) is 5.40. The average Bonchev–Trinajstić information content (AvgIpc) is 2.90. The van der Waals surface area contributed by atoms with Crippen molar-refractivity contribution in [2.24, 2.45) is 0 Å². The number of amides is 1. The topological polar surface area (TPSA) is 41.1 Å². The smallest absolute Gasteiger partial charge is 0.260 e. The van der Waals surface area contributed by atoms with Crippen LogP contribution in [-0.4, -0.2) is 11.4 Å². The normalized spacial score (nSPS) is 18.7. The van der Waals surface area contributed by atoms with Gasteiger partial charge in [0.05, 0.1) is 4.91 Å². The third kappa shape index (κ3) is 4.39. The Labute approximate surface area is 157 Å². The summed E-state index contributed by atoms with van der Waals surface area (Å²) in [5.74, 6) is 0.448. The molecule has 2 aromatic carbocycles. The van der Waals surface area contributed by atoms with Crippen LogP contribution in [0.15, 0.2) is 47.4 Å². The van der Waals surface area contributed by atoms with E-state index in [1.165, 1.54) is 17.3 Å². The van der Waals surface area contributed by atoms with Gasteiger partial charge in [-0.2, -0.15) is 0 Å². The SMILES string of the molecule is Cc1cc(Cl)ccc1NC1NC(=O)/C(=C/c2ccc(C(C)C)cc2)S1. The van der Waals surface area contributed by atoms with E-state index in [0.29, 0.717) is 15.8 Å². The fourth-order valence-electron chi connectivity index (χ4n) is 2.62. The molecule has 2 N–H and O–H groups in total. The molecule has 25 heavy (non-hydrogen) atoms. The monoisotopic (exact) mass is 372 g/mol. The minimum Gasteiger partial charge on any atom is -0.356 e. The minimum atomic E-state index is -0.187. The molecular formula is C20H21ClN2OS. The highest BCUT2D eigenvalue weighted by atomic mass is 35.5. The zero-order valence-corrected chi connectivity index (χ0v) is 16.0. The summed E-state index contributed by atoms with van der Waals surface area (Å²) in [6.07, 6.45) is 1.93. The van der Waals surface area contributed by atoms with Crippen molar-refractivity contribution >= 4 is 41.0 Å². The number of hydrogen-bond acceptors (Lipinski definition) is 3. The Hall–Kier alpha value is -1.91. The Morgan fingerprint density at radius 3 is 2.56 bits per heavy atom. The highest BCUT2D eigenvalue weighted by Crippen LogP contribution is 2.31. The number of rotatable bonds is 4. The van der Waals surface area contributed by atoms with E-state index in [9.17, 15) is 4.79 Å². The summed E-state index contributed by atoms with van der Waals surface area (Å²) in [5.41, 5.74) is 4.15. The number of anilines is 1. The molecule has 1 amide bonds. The lowest BCUT2D eigenvalue weighted by molar-refractivity contribution is -0.116.